The summed E-state index contributed by atoms with van der Waals surface area (Å²) in [5.74, 6) is -0.885. The third-order valence-corrected chi connectivity index (χ3v) is 4.70. The Hall–Kier alpha value is -2.88. The van der Waals surface area contributed by atoms with Gasteiger partial charge in [-0.2, -0.15) is 13.2 Å². The molecule has 10 heteroatoms. The van der Waals surface area contributed by atoms with Gasteiger partial charge in [0.25, 0.3) is 15.7 Å². The van der Waals surface area contributed by atoms with Crippen molar-refractivity contribution < 1.29 is 31.2 Å². The Bertz CT molecular complexity index is 921. The van der Waals surface area contributed by atoms with E-state index in [0.29, 0.717) is 11.4 Å². The van der Waals surface area contributed by atoms with Crippen molar-refractivity contribution in [2.75, 3.05) is 10.6 Å². The SMILES string of the molecule is CC(=O)Nc1ccc(NC(=O)c2ccc(S(=O)(=O)C(F)(F)F)cc2)cc1. The van der Waals surface area contributed by atoms with Crippen molar-refractivity contribution in [2.45, 2.75) is 17.3 Å². The number of halogens is 3. The van der Waals surface area contributed by atoms with Crippen LogP contribution in [-0.4, -0.2) is 25.7 Å². The second-order valence-electron chi connectivity index (χ2n) is 5.19. The molecule has 2 rings (SSSR count). The van der Waals surface area contributed by atoms with E-state index in [9.17, 15) is 31.2 Å². The molecule has 0 heterocycles. The van der Waals surface area contributed by atoms with Gasteiger partial charge in [0.1, 0.15) is 0 Å². The molecule has 0 atom stereocenters. The van der Waals surface area contributed by atoms with Crippen molar-refractivity contribution in [3.05, 3.63) is 54.1 Å². The van der Waals surface area contributed by atoms with E-state index in [1.54, 1.807) is 12.1 Å². The molecule has 138 valence electrons. The van der Waals surface area contributed by atoms with E-state index in [1.807, 2.05) is 0 Å². The lowest BCUT2D eigenvalue weighted by Gasteiger charge is -2.09. The first kappa shape index (κ1) is 19.4. The fourth-order valence-electron chi connectivity index (χ4n) is 1.96. The Kier molecular flexibility index (Phi) is 5.36. The van der Waals surface area contributed by atoms with E-state index >= 15 is 0 Å². The Balaban J connectivity index is 2.12. The number of carbonyl (C=O) groups is 2. The number of nitrogens with one attached hydrogen (secondary N) is 2. The lowest BCUT2D eigenvalue weighted by molar-refractivity contribution is -0.114. The summed E-state index contributed by atoms with van der Waals surface area (Å²) in [6.07, 6.45) is 0. The maximum absolute atomic E-state index is 12.5. The van der Waals surface area contributed by atoms with Crippen molar-refractivity contribution >= 4 is 33.0 Å². The summed E-state index contributed by atoms with van der Waals surface area (Å²) in [5.41, 5.74) is -4.52. The van der Waals surface area contributed by atoms with Crippen LogP contribution < -0.4 is 10.6 Å². The largest absolute Gasteiger partial charge is 0.501 e. The molecular formula is C16H13F3N2O4S. The lowest BCUT2D eigenvalue weighted by atomic mass is 10.2. The van der Waals surface area contributed by atoms with Crippen LogP contribution in [0.3, 0.4) is 0 Å². The minimum absolute atomic E-state index is 0.0166. The molecule has 0 bridgehead atoms. The Morgan fingerprint density at radius 3 is 1.73 bits per heavy atom. The van der Waals surface area contributed by atoms with Gasteiger partial charge in [-0.1, -0.05) is 0 Å². The van der Waals surface area contributed by atoms with Crippen LogP contribution in [0.25, 0.3) is 0 Å². The molecule has 0 aromatic heterocycles. The van der Waals surface area contributed by atoms with Crippen LogP contribution in [0.5, 0.6) is 0 Å². The number of benzene rings is 2. The first-order valence-electron chi connectivity index (χ1n) is 7.11. The van der Waals surface area contributed by atoms with Gasteiger partial charge >= 0.3 is 5.51 Å². The van der Waals surface area contributed by atoms with Gasteiger partial charge in [0.2, 0.25) is 5.91 Å². The minimum Gasteiger partial charge on any atom is -0.326 e. The molecule has 0 saturated carbocycles. The van der Waals surface area contributed by atoms with Gasteiger partial charge in [0.15, 0.2) is 0 Å². The smallest absolute Gasteiger partial charge is 0.326 e. The van der Waals surface area contributed by atoms with Crippen molar-refractivity contribution in [3.63, 3.8) is 0 Å². The molecule has 0 aliphatic heterocycles. The molecule has 0 unspecified atom stereocenters. The third kappa shape index (κ3) is 4.39. The molecule has 0 aliphatic carbocycles. The Labute approximate surface area is 146 Å². The van der Waals surface area contributed by atoms with Gasteiger partial charge in [0, 0.05) is 23.9 Å². The molecule has 0 fully saturated rings. The van der Waals surface area contributed by atoms with Gasteiger partial charge in [-0.05, 0) is 48.5 Å². The lowest BCUT2D eigenvalue weighted by Crippen LogP contribution is -2.23. The third-order valence-electron chi connectivity index (χ3n) is 3.19. The molecule has 0 radical (unpaired) electrons. The fourth-order valence-corrected chi connectivity index (χ4v) is 2.72. The zero-order valence-corrected chi connectivity index (χ0v) is 14.1. The topological polar surface area (TPSA) is 92.3 Å². The van der Waals surface area contributed by atoms with E-state index in [0.717, 1.165) is 24.3 Å². The predicted octanol–water partition coefficient (Wildman–Crippen LogP) is 3.19. The van der Waals surface area contributed by atoms with Gasteiger partial charge in [-0.3, -0.25) is 9.59 Å². The van der Waals surface area contributed by atoms with E-state index in [4.69, 9.17) is 0 Å². The second kappa shape index (κ2) is 7.16. The molecule has 0 aliphatic rings. The number of sulfone groups is 1. The number of rotatable bonds is 4. The van der Waals surface area contributed by atoms with Crippen molar-refractivity contribution in [2.24, 2.45) is 0 Å². The molecule has 0 spiro atoms. The molecular weight excluding hydrogens is 373 g/mol. The van der Waals surface area contributed by atoms with Crippen LogP contribution in [-0.2, 0) is 14.6 Å². The van der Waals surface area contributed by atoms with Crippen LogP contribution in [0.1, 0.15) is 17.3 Å². The summed E-state index contributed by atoms with van der Waals surface area (Å²) < 4.78 is 60.0. The molecule has 0 saturated heterocycles. The Morgan fingerprint density at radius 2 is 1.31 bits per heavy atom. The summed E-state index contributed by atoms with van der Waals surface area (Å²) in [5, 5.41) is 5.05. The summed E-state index contributed by atoms with van der Waals surface area (Å²) >= 11 is 0. The van der Waals surface area contributed by atoms with Gasteiger partial charge in [0.05, 0.1) is 4.90 Å². The Morgan fingerprint density at radius 1 is 0.846 bits per heavy atom. The van der Waals surface area contributed by atoms with E-state index in [-0.39, 0.29) is 11.5 Å². The predicted molar refractivity (Wildman–Crippen MR) is 88.4 cm³/mol. The number of amides is 2. The number of anilines is 2. The standard InChI is InChI=1S/C16H13F3N2O4S/c1-10(22)20-12-4-6-13(7-5-12)21-15(23)11-2-8-14(9-3-11)26(24,25)16(17,18)19/h2-9H,1H3,(H,20,22)(H,21,23). The van der Waals surface area contributed by atoms with Crippen LogP contribution in [0.15, 0.2) is 53.4 Å². The number of alkyl halides is 3. The highest BCUT2D eigenvalue weighted by Crippen LogP contribution is 2.30. The van der Waals surface area contributed by atoms with Crippen molar-refractivity contribution in [1.29, 1.82) is 0 Å². The summed E-state index contributed by atoms with van der Waals surface area (Å²) in [4.78, 5) is 22.1. The minimum atomic E-state index is -5.46. The van der Waals surface area contributed by atoms with E-state index < -0.39 is 26.1 Å². The van der Waals surface area contributed by atoms with Crippen molar-refractivity contribution in [3.8, 4) is 0 Å². The molecule has 6 nitrogen and oxygen atoms in total. The van der Waals surface area contributed by atoms with Gasteiger partial charge in [-0.25, -0.2) is 8.42 Å². The number of hydrogen-bond acceptors (Lipinski definition) is 4. The summed E-state index contributed by atoms with van der Waals surface area (Å²) in [6, 6.07) is 9.55. The first-order chi connectivity index (χ1) is 12.0. The van der Waals surface area contributed by atoms with E-state index in [2.05, 4.69) is 10.6 Å². The molecule has 26 heavy (non-hydrogen) atoms. The molecule has 2 aromatic rings. The highest BCUT2D eigenvalue weighted by Gasteiger charge is 2.46. The quantitative estimate of drug-likeness (QED) is 0.844. The highest BCUT2D eigenvalue weighted by molar-refractivity contribution is 7.92. The first-order valence-corrected chi connectivity index (χ1v) is 8.59. The van der Waals surface area contributed by atoms with E-state index in [1.165, 1.54) is 19.1 Å². The average Bonchev–Trinajstić information content (AvgIpc) is 2.55. The zero-order chi connectivity index (χ0) is 19.5. The van der Waals surface area contributed by atoms with Crippen LogP contribution in [0.4, 0.5) is 24.5 Å². The maximum atomic E-state index is 12.5. The summed E-state index contributed by atoms with van der Waals surface area (Å²) in [6.45, 7) is 1.35. The van der Waals surface area contributed by atoms with Crippen LogP contribution in [0, 0.1) is 0 Å². The zero-order valence-electron chi connectivity index (χ0n) is 13.3. The fraction of sp³-hybridized carbons (Fsp3) is 0.125. The maximum Gasteiger partial charge on any atom is 0.501 e. The van der Waals surface area contributed by atoms with Crippen LogP contribution in [0.2, 0.25) is 0 Å². The second-order valence-corrected chi connectivity index (χ2v) is 7.13. The van der Waals surface area contributed by atoms with Gasteiger partial charge in [-0.15, -0.1) is 0 Å². The molecule has 2 N–H and O–H groups in total. The molecule has 2 aromatic carbocycles. The van der Waals surface area contributed by atoms with Crippen molar-refractivity contribution in [1.82, 2.24) is 0 Å². The normalized spacial score (nSPS) is 11.7. The number of hydrogen-bond donors (Lipinski definition) is 2. The monoisotopic (exact) mass is 386 g/mol. The highest BCUT2D eigenvalue weighted by atomic mass is 32.2. The van der Waals surface area contributed by atoms with Gasteiger partial charge < -0.3 is 10.6 Å². The molecule has 2 amide bonds. The van der Waals surface area contributed by atoms with Crippen LogP contribution >= 0.6 is 0 Å². The number of carbonyl (C=O) groups excluding carboxylic acids is 2. The average molecular weight is 386 g/mol. The summed E-state index contributed by atoms with van der Waals surface area (Å²) in [7, 11) is -5.46.